The summed E-state index contributed by atoms with van der Waals surface area (Å²) in [5.41, 5.74) is 0. The fraction of sp³-hybridized carbons (Fsp3) is 0.636. The van der Waals surface area contributed by atoms with E-state index in [9.17, 15) is 13.0 Å². The zero-order valence-electron chi connectivity index (χ0n) is 11.6. The first kappa shape index (κ1) is 18.9. The van der Waals surface area contributed by atoms with Crippen LogP contribution in [0.25, 0.3) is 0 Å². The molecule has 108 valence electrons. The largest absolute Gasteiger partial charge is 1.00 e. The zero-order valence-corrected chi connectivity index (χ0v) is 16.3. The van der Waals surface area contributed by atoms with Gasteiger partial charge in [-0.1, -0.05) is 0 Å². The third-order valence-corrected chi connectivity index (χ3v) is 4.25. The van der Waals surface area contributed by atoms with Crippen LogP contribution in [0.1, 0.15) is 6.42 Å². The molecule has 0 amide bonds. The fourth-order valence-corrected chi connectivity index (χ4v) is 3.06. The van der Waals surface area contributed by atoms with E-state index in [2.05, 4.69) is 0 Å². The number of ether oxygens (including phenoxy) is 2. The molecule has 0 aromatic carbocycles. The van der Waals surface area contributed by atoms with Gasteiger partial charge in [-0.15, -0.1) is 11.3 Å². The van der Waals surface area contributed by atoms with E-state index < -0.39 is 10.1 Å². The van der Waals surface area contributed by atoms with Crippen LogP contribution in [0, 0.1) is 0 Å². The van der Waals surface area contributed by atoms with E-state index in [0.29, 0.717) is 26.1 Å². The molecular formula is C11H16KNO5S2. The van der Waals surface area contributed by atoms with Crippen LogP contribution in [-0.2, 0) is 10.1 Å². The average Bonchev–Trinajstić information content (AvgIpc) is 2.74. The Balaban J connectivity index is 0.00000200. The maximum Gasteiger partial charge on any atom is 1.00 e. The monoisotopic (exact) mass is 345 g/mol. The van der Waals surface area contributed by atoms with Crippen molar-refractivity contribution in [1.82, 2.24) is 4.90 Å². The second kappa shape index (κ2) is 8.44. The molecule has 1 aromatic heterocycles. The standard InChI is InChI=1S/C11H17NO5S2.K/c1-12(3-2-4-19(13,14)15)5-9-6-16-10-7-18-8-11(10)17-9;/h7-9H,2-6H2,1H3,(H,13,14,15);/q;+1/p-1. The van der Waals surface area contributed by atoms with Gasteiger partial charge in [0.15, 0.2) is 11.5 Å². The SMILES string of the molecule is CN(CCCS(=O)(=O)[O-])CC1COc2cscc2O1.[K+]. The van der Waals surface area contributed by atoms with Crippen LogP contribution in [0.15, 0.2) is 10.8 Å². The number of hydrogen-bond acceptors (Lipinski definition) is 7. The molecule has 2 rings (SSSR count). The quantitative estimate of drug-likeness (QED) is 0.428. The molecule has 0 fully saturated rings. The Kier molecular flexibility index (Phi) is 7.96. The molecule has 0 spiro atoms. The average molecular weight is 345 g/mol. The third-order valence-electron chi connectivity index (χ3n) is 2.76. The van der Waals surface area contributed by atoms with Gasteiger partial charge in [0, 0.05) is 23.1 Å². The van der Waals surface area contributed by atoms with Crippen LogP contribution >= 0.6 is 11.3 Å². The maximum absolute atomic E-state index is 10.5. The summed E-state index contributed by atoms with van der Waals surface area (Å²) in [5, 5.41) is 3.79. The molecule has 9 heteroatoms. The third kappa shape index (κ3) is 6.28. The topological polar surface area (TPSA) is 78.9 Å². The summed E-state index contributed by atoms with van der Waals surface area (Å²) in [7, 11) is -2.25. The molecule has 1 unspecified atom stereocenters. The molecule has 2 heterocycles. The van der Waals surface area contributed by atoms with Crippen LogP contribution in [0.5, 0.6) is 11.5 Å². The van der Waals surface area contributed by atoms with E-state index in [0.717, 1.165) is 11.5 Å². The van der Waals surface area contributed by atoms with Gasteiger partial charge in [-0.05, 0) is 20.0 Å². The van der Waals surface area contributed by atoms with Gasteiger partial charge in [0.25, 0.3) is 0 Å². The molecule has 0 radical (unpaired) electrons. The molecule has 1 aromatic rings. The smallest absolute Gasteiger partial charge is 0.748 e. The summed E-state index contributed by atoms with van der Waals surface area (Å²) >= 11 is 1.53. The Hall–Kier alpha value is 0.806. The Morgan fingerprint density at radius 2 is 2.15 bits per heavy atom. The minimum absolute atomic E-state index is 0. The van der Waals surface area contributed by atoms with Gasteiger partial charge in [-0.25, -0.2) is 8.42 Å². The molecule has 0 N–H and O–H groups in total. The molecule has 20 heavy (non-hydrogen) atoms. The molecule has 1 aliphatic heterocycles. The molecule has 1 aliphatic rings. The van der Waals surface area contributed by atoms with E-state index in [-0.39, 0.29) is 63.2 Å². The van der Waals surface area contributed by atoms with Gasteiger partial charge in [0.1, 0.15) is 12.7 Å². The first-order chi connectivity index (χ1) is 8.94. The Morgan fingerprint density at radius 3 is 2.85 bits per heavy atom. The normalized spacial score (nSPS) is 17.9. The molecule has 0 aliphatic carbocycles. The molecular weight excluding hydrogens is 329 g/mol. The summed E-state index contributed by atoms with van der Waals surface area (Å²) in [6, 6.07) is 0. The summed E-state index contributed by atoms with van der Waals surface area (Å²) in [6.45, 7) is 1.65. The number of thiophene rings is 1. The maximum atomic E-state index is 10.5. The van der Waals surface area contributed by atoms with Crippen molar-refractivity contribution < 1.29 is 73.8 Å². The number of rotatable bonds is 6. The van der Waals surface area contributed by atoms with E-state index in [1.54, 1.807) is 0 Å². The first-order valence-electron chi connectivity index (χ1n) is 5.92. The van der Waals surface area contributed by atoms with Crippen molar-refractivity contribution in [3.8, 4) is 11.5 Å². The number of fused-ring (bicyclic) bond motifs is 1. The number of hydrogen-bond donors (Lipinski definition) is 0. The Morgan fingerprint density at radius 1 is 1.45 bits per heavy atom. The van der Waals surface area contributed by atoms with Gasteiger partial charge >= 0.3 is 51.4 Å². The van der Waals surface area contributed by atoms with Crippen molar-refractivity contribution >= 4 is 21.5 Å². The predicted octanol–water partition coefficient (Wildman–Crippen LogP) is -2.24. The van der Waals surface area contributed by atoms with Crippen molar-refractivity contribution in [2.24, 2.45) is 0 Å². The predicted molar refractivity (Wildman–Crippen MR) is 70.9 cm³/mol. The van der Waals surface area contributed by atoms with Gasteiger partial charge in [-0.2, -0.15) is 0 Å². The van der Waals surface area contributed by atoms with Crippen LogP contribution < -0.4 is 60.9 Å². The summed E-state index contributed by atoms with van der Waals surface area (Å²) in [6.07, 6.45) is 0.260. The van der Waals surface area contributed by atoms with E-state index in [1.165, 1.54) is 11.3 Å². The molecule has 6 nitrogen and oxygen atoms in total. The summed E-state index contributed by atoms with van der Waals surface area (Å²) in [4.78, 5) is 1.94. The van der Waals surface area contributed by atoms with Crippen LogP contribution in [0.4, 0.5) is 0 Å². The second-order valence-electron chi connectivity index (χ2n) is 4.53. The fourth-order valence-electron chi connectivity index (χ4n) is 1.90. The molecule has 0 saturated heterocycles. The Labute approximate surface area is 165 Å². The van der Waals surface area contributed by atoms with E-state index in [1.807, 2.05) is 22.7 Å². The molecule has 0 saturated carbocycles. The van der Waals surface area contributed by atoms with Crippen LogP contribution in [-0.4, -0.2) is 56.5 Å². The minimum Gasteiger partial charge on any atom is -0.748 e. The van der Waals surface area contributed by atoms with Gasteiger partial charge in [0.2, 0.25) is 0 Å². The summed E-state index contributed by atoms with van der Waals surface area (Å²) in [5.74, 6) is 1.21. The zero-order chi connectivity index (χ0) is 13.9. The van der Waals surface area contributed by atoms with Crippen molar-refractivity contribution in [2.75, 3.05) is 32.5 Å². The first-order valence-corrected chi connectivity index (χ1v) is 8.44. The molecule has 1 atom stereocenters. The van der Waals surface area contributed by atoms with Crippen molar-refractivity contribution in [3.63, 3.8) is 0 Å². The van der Waals surface area contributed by atoms with Gasteiger partial charge < -0.3 is 18.9 Å². The minimum atomic E-state index is -4.12. The van der Waals surface area contributed by atoms with Crippen LogP contribution in [0.3, 0.4) is 0 Å². The van der Waals surface area contributed by atoms with Crippen molar-refractivity contribution in [3.05, 3.63) is 10.8 Å². The van der Waals surface area contributed by atoms with Crippen LogP contribution in [0.2, 0.25) is 0 Å². The second-order valence-corrected chi connectivity index (χ2v) is 6.80. The van der Waals surface area contributed by atoms with Crippen molar-refractivity contribution in [1.29, 1.82) is 0 Å². The summed E-state index contributed by atoms with van der Waals surface area (Å²) < 4.78 is 42.8. The molecule has 0 bridgehead atoms. The number of likely N-dealkylation sites (N-methyl/N-ethyl adjacent to an activating group) is 1. The van der Waals surface area contributed by atoms with Gasteiger partial charge in [-0.3, -0.25) is 0 Å². The Bertz CT molecular complexity index is 519. The number of nitrogens with zero attached hydrogens (tertiary/aromatic N) is 1. The van der Waals surface area contributed by atoms with E-state index >= 15 is 0 Å². The van der Waals surface area contributed by atoms with E-state index in [4.69, 9.17) is 9.47 Å². The van der Waals surface area contributed by atoms with Gasteiger partial charge in [0.05, 0.1) is 10.1 Å². The van der Waals surface area contributed by atoms with Crippen molar-refractivity contribution in [2.45, 2.75) is 12.5 Å².